The van der Waals surface area contributed by atoms with Crippen LogP contribution in [0, 0.1) is 25.6 Å². The van der Waals surface area contributed by atoms with Crippen LogP contribution in [0.5, 0.6) is 0 Å². The quantitative estimate of drug-likeness (QED) is 0.739. The van der Waals surface area contributed by atoms with Crippen molar-refractivity contribution in [3.05, 3.63) is 51.2 Å². The number of benzene rings is 1. The number of anilines is 2. The fourth-order valence-corrected chi connectivity index (χ4v) is 2.50. The van der Waals surface area contributed by atoms with Crippen LogP contribution >= 0.6 is 0 Å². The molecular formula is C20H27FN4O3. The molecule has 1 fully saturated rings. The lowest BCUT2D eigenvalue weighted by Crippen LogP contribution is -2.32. The number of nitrogens with zero attached hydrogens (tertiary/aromatic N) is 2. The molecule has 1 aliphatic rings. The third-order valence-corrected chi connectivity index (χ3v) is 4.26. The summed E-state index contributed by atoms with van der Waals surface area (Å²) in [7, 11) is 1.45. The van der Waals surface area contributed by atoms with Gasteiger partial charge >= 0.3 is 0 Å². The fourth-order valence-electron chi connectivity index (χ4n) is 2.50. The maximum atomic E-state index is 14.2. The highest BCUT2D eigenvalue weighted by Crippen LogP contribution is 2.28. The Kier molecular flexibility index (Phi) is 7.28. The van der Waals surface area contributed by atoms with Crippen molar-refractivity contribution in [3.63, 3.8) is 0 Å². The lowest BCUT2D eigenvalue weighted by molar-refractivity contribution is 0.0265. The van der Waals surface area contributed by atoms with E-state index in [4.69, 9.17) is 4.84 Å². The summed E-state index contributed by atoms with van der Waals surface area (Å²) in [5.41, 5.74) is 3.25. The van der Waals surface area contributed by atoms with Crippen LogP contribution in [0.15, 0.2) is 23.0 Å². The zero-order valence-corrected chi connectivity index (χ0v) is 16.9. The summed E-state index contributed by atoms with van der Waals surface area (Å²) < 4.78 is 15.3. The number of hydrogen-bond donors (Lipinski definition) is 2. The molecule has 3 rings (SSSR count). The van der Waals surface area contributed by atoms with Crippen LogP contribution in [-0.4, -0.2) is 22.3 Å². The number of amides is 1. The van der Waals surface area contributed by atoms with Crippen molar-refractivity contribution in [2.24, 2.45) is 13.0 Å². The van der Waals surface area contributed by atoms with Crippen molar-refractivity contribution < 1.29 is 14.0 Å². The van der Waals surface area contributed by atoms with Gasteiger partial charge in [0.15, 0.2) is 5.69 Å². The van der Waals surface area contributed by atoms with Gasteiger partial charge in [0, 0.05) is 12.6 Å². The number of hydrogen-bond acceptors (Lipinski definition) is 5. The van der Waals surface area contributed by atoms with E-state index in [-0.39, 0.29) is 28.2 Å². The number of nitrogens with one attached hydrogen (secondary N) is 2. The molecule has 0 bridgehead atoms. The number of aromatic nitrogens is 2. The van der Waals surface area contributed by atoms with Crippen molar-refractivity contribution in [2.75, 3.05) is 11.9 Å². The number of hydroxylamine groups is 1. The van der Waals surface area contributed by atoms with Crippen molar-refractivity contribution >= 4 is 17.3 Å². The van der Waals surface area contributed by atoms with Gasteiger partial charge in [0.25, 0.3) is 11.5 Å². The van der Waals surface area contributed by atoms with Gasteiger partial charge in [-0.15, -0.1) is 0 Å². The van der Waals surface area contributed by atoms with E-state index in [0.717, 1.165) is 23.1 Å². The first-order valence-corrected chi connectivity index (χ1v) is 9.40. The zero-order chi connectivity index (χ0) is 20.8. The number of halogens is 1. The largest absolute Gasteiger partial charge is 0.351 e. The molecule has 0 atom stereocenters. The molecule has 1 saturated carbocycles. The second-order valence-electron chi connectivity index (χ2n) is 6.57. The Balaban J connectivity index is 0.00000136. The van der Waals surface area contributed by atoms with E-state index in [0.29, 0.717) is 12.5 Å². The average molecular weight is 390 g/mol. The Morgan fingerprint density at radius 3 is 2.61 bits per heavy atom. The Morgan fingerprint density at radius 1 is 1.32 bits per heavy atom. The lowest BCUT2D eigenvalue weighted by Gasteiger charge is -2.15. The first-order valence-electron chi connectivity index (χ1n) is 9.40. The SMILES string of the molecule is CC.Cc1ccc(Nc2c(C(=O)NOCC3CC3)nn(C)c(=O)c2C)c(F)c1. The van der Waals surface area contributed by atoms with Crippen molar-refractivity contribution in [2.45, 2.75) is 40.5 Å². The van der Waals surface area contributed by atoms with E-state index in [1.807, 2.05) is 13.8 Å². The topological polar surface area (TPSA) is 85.2 Å². The Hall–Kier alpha value is -2.74. The van der Waals surface area contributed by atoms with Gasteiger partial charge in [-0.1, -0.05) is 19.9 Å². The summed E-state index contributed by atoms with van der Waals surface area (Å²) in [4.78, 5) is 29.9. The van der Waals surface area contributed by atoms with Gasteiger partial charge in [-0.25, -0.2) is 14.6 Å². The fraction of sp³-hybridized carbons (Fsp3) is 0.450. The number of carbonyl (C=O) groups is 1. The van der Waals surface area contributed by atoms with E-state index in [9.17, 15) is 14.0 Å². The summed E-state index contributed by atoms with van der Waals surface area (Å²) in [5.74, 6) is -0.606. The predicted molar refractivity (Wildman–Crippen MR) is 106 cm³/mol. The van der Waals surface area contributed by atoms with Gasteiger partial charge < -0.3 is 5.32 Å². The molecule has 1 amide bonds. The van der Waals surface area contributed by atoms with Crippen molar-refractivity contribution in [1.29, 1.82) is 0 Å². The minimum atomic E-state index is -0.598. The smallest absolute Gasteiger partial charge is 0.297 e. The maximum Gasteiger partial charge on any atom is 0.297 e. The van der Waals surface area contributed by atoms with Crippen LogP contribution in [-0.2, 0) is 11.9 Å². The molecule has 7 nitrogen and oxygen atoms in total. The van der Waals surface area contributed by atoms with E-state index in [1.54, 1.807) is 26.0 Å². The van der Waals surface area contributed by atoms with Crippen LogP contribution < -0.4 is 16.4 Å². The molecule has 0 spiro atoms. The summed E-state index contributed by atoms with van der Waals surface area (Å²) in [6.45, 7) is 7.76. The molecule has 1 heterocycles. The van der Waals surface area contributed by atoms with Gasteiger partial charge in [0.1, 0.15) is 5.82 Å². The summed E-state index contributed by atoms with van der Waals surface area (Å²) in [6.07, 6.45) is 2.18. The summed E-state index contributed by atoms with van der Waals surface area (Å²) >= 11 is 0. The highest BCUT2D eigenvalue weighted by atomic mass is 19.1. The Labute approximate surface area is 163 Å². The molecule has 0 radical (unpaired) electrons. The molecule has 28 heavy (non-hydrogen) atoms. The Bertz CT molecular complexity index is 907. The van der Waals surface area contributed by atoms with E-state index >= 15 is 0 Å². The van der Waals surface area contributed by atoms with Crippen LogP contribution in [0.2, 0.25) is 0 Å². The summed E-state index contributed by atoms with van der Waals surface area (Å²) in [5, 5.41) is 6.85. The molecule has 1 aromatic heterocycles. The minimum absolute atomic E-state index is 0.0413. The second-order valence-corrected chi connectivity index (χ2v) is 6.57. The van der Waals surface area contributed by atoms with Crippen LogP contribution in [0.3, 0.4) is 0 Å². The highest BCUT2D eigenvalue weighted by Gasteiger charge is 2.24. The molecule has 2 aromatic rings. The molecule has 8 heteroatoms. The van der Waals surface area contributed by atoms with Crippen LogP contribution in [0.25, 0.3) is 0 Å². The third-order valence-electron chi connectivity index (χ3n) is 4.26. The van der Waals surface area contributed by atoms with Gasteiger partial charge in [-0.2, -0.15) is 5.10 Å². The number of aryl methyl sites for hydroxylation is 2. The van der Waals surface area contributed by atoms with E-state index in [1.165, 1.54) is 13.1 Å². The van der Waals surface area contributed by atoms with Crippen molar-refractivity contribution in [3.8, 4) is 0 Å². The summed E-state index contributed by atoms with van der Waals surface area (Å²) in [6, 6.07) is 4.64. The minimum Gasteiger partial charge on any atom is -0.351 e. The van der Waals surface area contributed by atoms with Gasteiger partial charge in [0.2, 0.25) is 0 Å². The van der Waals surface area contributed by atoms with E-state index < -0.39 is 11.7 Å². The molecule has 0 aliphatic heterocycles. The van der Waals surface area contributed by atoms with Crippen LogP contribution in [0.4, 0.5) is 15.8 Å². The number of carbonyl (C=O) groups excluding carboxylic acids is 1. The normalized spacial score (nSPS) is 12.8. The maximum absolute atomic E-state index is 14.2. The molecule has 1 aliphatic carbocycles. The van der Waals surface area contributed by atoms with Gasteiger partial charge in [0.05, 0.1) is 18.0 Å². The van der Waals surface area contributed by atoms with Crippen molar-refractivity contribution in [1.82, 2.24) is 15.3 Å². The van der Waals surface area contributed by atoms with E-state index in [2.05, 4.69) is 15.9 Å². The average Bonchev–Trinajstić information content (AvgIpc) is 3.49. The molecule has 2 N–H and O–H groups in total. The first kappa shape index (κ1) is 21.6. The van der Waals surface area contributed by atoms with Gasteiger partial charge in [-0.05, 0) is 50.3 Å². The zero-order valence-electron chi connectivity index (χ0n) is 16.9. The Morgan fingerprint density at radius 2 is 2.00 bits per heavy atom. The second kappa shape index (κ2) is 9.45. The lowest BCUT2D eigenvalue weighted by atomic mass is 10.1. The molecule has 0 saturated heterocycles. The number of rotatable bonds is 6. The highest BCUT2D eigenvalue weighted by molar-refractivity contribution is 5.98. The molecule has 0 unspecified atom stereocenters. The van der Waals surface area contributed by atoms with Gasteiger partial charge in [-0.3, -0.25) is 14.4 Å². The molecular weight excluding hydrogens is 363 g/mol. The first-order chi connectivity index (χ1) is 13.4. The monoisotopic (exact) mass is 390 g/mol. The standard InChI is InChI=1S/C18H21FN4O3.C2H6/c1-10-4-7-14(13(19)8-10)20-15-11(2)18(25)23(3)21-16(15)17(24)22-26-9-12-5-6-12;1-2/h4,7-8,12,20H,5-6,9H2,1-3H3,(H,22,24);1-2H3. The predicted octanol–water partition coefficient (Wildman–Crippen LogP) is 3.38. The third kappa shape index (κ3) is 5.16. The molecule has 1 aromatic carbocycles. The van der Waals surface area contributed by atoms with Crippen LogP contribution in [0.1, 0.15) is 48.3 Å². The molecule has 152 valence electrons.